The van der Waals surface area contributed by atoms with Crippen LogP contribution in [0.2, 0.25) is 0 Å². The van der Waals surface area contributed by atoms with Crippen molar-refractivity contribution in [1.82, 2.24) is 4.98 Å². The third-order valence-corrected chi connectivity index (χ3v) is 9.37. The second-order valence-corrected chi connectivity index (χ2v) is 12.1. The van der Waals surface area contributed by atoms with Gasteiger partial charge >= 0.3 is 0 Å². The maximum absolute atomic E-state index is 13.8. The van der Waals surface area contributed by atoms with Gasteiger partial charge < -0.3 is 0 Å². The lowest BCUT2D eigenvalue weighted by atomic mass is 10.1. The Morgan fingerprint density at radius 3 is 2.11 bits per heavy atom. The molecule has 0 bridgehead atoms. The van der Waals surface area contributed by atoms with E-state index in [0.29, 0.717) is 22.9 Å². The number of nitrogens with zero attached hydrogens (tertiary/aromatic N) is 3. The molecule has 0 atom stereocenters. The SMILES string of the molecule is Cc1cc2nc(N(Cc3ccccc3)C(=O)c3ccc(S(=O)(=O)N(C)c4ccccc4)cc3)sc2cc1C. The van der Waals surface area contributed by atoms with Crippen LogP contribution in [-0.4, -0.2) is 26.4 Å². The number of anilines is 2. The molecule has 1 aromatic heterocycles. The first-order valence-corrected chi connectivity index (χ1v) is 14.4. The first-order chi connectivity index (χ1) is 18.2. The van der Waals surface area contributed by atoms with E-state index in [0.717, 1.165) is 21.3 Å². The van der Waals surface area contributed by atoms with Gasteiger partial charge in [0.15, 0.2) is 5.13 Å². The molecule has 1 heterocycles. The minimum Gasteiger partial charge on any atom is -0.279 e. The Hall–Kier alpha value is -4.01. The fourth-order valence-electron chi connectivity index (χ4n) is 4.14. The molecule has 0 aliphatic carbocycles. The van der Waals surface area contributed by atoms with Crippen molar-refractivity contribution in [3.8, 4) is 0 Å². The quantitative estimate of drug-likeness (QED) is 0.233. The van der Waals surface area contributed by atoms with Gasteiger partial charge in [0.25, 0.3) is 15.9 Å². The third-order valence-electron chi connectivity index (χ3n) is 6.53. The fourth-order valence-corrected chi connectivity index (χ4v) is 6.37. The van der Waals surface area contributed by atoms with E-state index in [1.165, 1.54) is 40.4 Å². The predicted molar refractivity (Wildman–Crippen MR) is 155 cm³/mol. The number of fused-ring (bicyclic) bond motifs is 1. The van der Waals surface area contributed by atoms with Gasteiger partial charge in [-0.2, -0.15) is 0 Å². The number of sulfonamides is 1. The molecule has 0 N–H and O–H groups in total. The molecule has 38 heavy (non-hydrogen) atoms. The molecule has 0 aliphatic rings. The van der Waals surface area contributed by atoms with Crippen LogP contribution < -0.4 is 9.21 Å². The molecular weight excluding hydrogens is 514 g/mol. The highest BCUT2D eigenvalue weighted by molar-refractivity contribution is 7.92. The molecule has 6 nitrogen and oxygen atoms in total. The number of amides is 1. The summed E-state index contributed by atoms with van der Waals surface area (Å²) >= 11 is 1.47. The Kier molecular flexibility index (Phi) is 7.01. The molecule has 0 saturated carbocycles. The Morgan fingerprint density at radius 1 is 0.842 bits per heavy atom. The highest BCUT2D eigenvalue weighted by Crippen LogP contribution is 2.33. The van der Waals surface area contributed by atoms with E-state index in [9.17, 15) is 13.2 Å². The van der Waals surface area contributed by atoms with Crippen LogP contribution in [0.3, 0.4) is 0 Å². The molecule has 1 amide bonds. The Labute approximate surface area is 226 Å². The van der Waals surface area contributed by atoms with Crippen molar-refractivity contribution in [2.75, 3.05) is 16.3 Å². The van der Waals surface area contributed by atoms with Gasteiger partial charge in [0.05, 0.1) is 27.3 Å². The second-order valence-electron chi connectivity index (χ2n) is 9.11. The highest BCUT2D eigenvalue weighted by atomic mass is 32.2. The van der Waals surface area contributed by atoms with E-state index >= 15 is 0 Å². The number of aryl methyl sites for hydroxylation is 2. The molecule has 0 radical (unpaired) electrons. The first kappa shape index (κ1) is 25.6. The topological polar surface area (TPSA) is 70.6 Å². The summed E-state index contributed by atoms with van der Waals surface area (Å²) in [4.78, 5) is 20.4. The lowest BCUT2D eigenvalue weighted by molar-refractivity contribution is 0.0985. The van der Waals surface area contributed by atoms with Gasteiger partial charge in [-0.1, -0.05) is 59.9 Å². The number of carbonyl (C=O) groups is 1. The summed E-state index contributed by atoms with van der Waals surface area (Å²) in [6, 6.07) is 28.8. The summed E-state index contributed by atoms with van der Waals surface area (Å²) in [5.74, 6) is -0.248. The number of benzene rings is 4. The Bertz CT molecular complexity index is 1660. The van der Waals surface area contributed by atoms with Crippen molar-refractivity contribution >= 4 is 48.3 Å². The Morgan fingerprint density at radius 2 is 1.45 bits per heavy atom. The van der Waals surface area contributed by atoms with Crippen LogP contribution in [0.15, 0.2) is 102 Å². The van der Waals surface area contributed by atoms with Gasteiger partial charge in [-0.05, 0) is 79.1 Å². The maximum atomic E-state index is 13.8. The highest BCUT2D eigenvalue weighted by Gasteiger charge is 2.25. The lowest BCUT2D eigenvalue weighted by Crippen LogP contribution is -2.30. The van der Waals surface area contributed by atoms with Gasteiger partial charge in [0.1, 0.15) is 0 Å². The average Bonchev–Trinajstić information content (AvgIpc) is 3.34. The summed E-state index contributed by atoms with van der Waals surface area (Å²) in [6.45, 7) is 4.45. The number of carbonyl (C=O) groups excluding carboxylic acids is 1. The zero-order valence-electron chi connectivity index (χ0n) is 21.3. The number of hydrogen-bond acceptors (Lipinski definition) is 5. The summed E-state index contributed by atoms with van der Waals surface area (Å²) in [5, 5.41) is 0.597. The van der Waals surface area contributed by atoms with Crippen molar-refractivity contribution in [3.63, 3.8) is 0 Å². The van der Waals surface area contributed by atoms with Gasteiger partial charge in [0.2, 0.25) is 0 Å². The van der Waals surface area contributed by atoms with Crippen LogP contribution in [-0.2, 0) is 16.6 Å². The second kappa shape index (κ2) is 10.4. The van der Waals surface area contributed by atoms with Gasteiger partial charge in [0, 0.05) is 12.6 Å². The van der Waals surface area contributed by atoms with Crippen molar-refractivity contribution < 1.29 is 13.2 Å². The molecule has 4 aromatic carbocycles. The monoisotopic (exact) mass is 541 g/mol. The van der Waals surface area contributed by atoms with Crippen LogP contribution in [0, 0.1) is 13.8 Å². The number of para-hydroxylation sites is 1. The normalized spacial score (nSPS) is 11.4. The maximum Gasteiger partial charge on any atom is 0.264 e. The molecule has 0 unspecified atom stereocenters. The van der Waals surface area contributed by atoms with Gasteiger partial charge in [-0.25, -0.2) is 13.4 Å². The zero-order valence-corrected chi connectivity index (χ0v) is 23.0. The molecule has 5 aromatic rings. The Balaban J connectivity index is 1.48. The van der Waals surface area contributed by atoms with Crippen molar-refractivity contribution in [3.05, 3.63) is 119 Å². The summed E-state index contributed by atoms with van der Waals surface area (Å²) < 4.78 is 28.6. The molecule has 0 spiro atoms. The van der Waals surface area contributed by atoms with Crippen LogP contribution >= 0.6 is 11.3 Å². The van der Waals surface area contributed by atoms with E-state index in [4.69, 9.17) is 4.98 Å². The van der Waals surface area contributed by atoms with Crippen LogP contribution in [0.4, 0.5) is 10.8 Å². The number of hydrogen-bond donors (Lipinski definition) is 0. The standard InChI is InChI=1S/C30H27N3O3S2/c1-21-18-27-28(19-22(21)2)37-30(31-27)33(20-23-10-6-4-7-11-23)29(34)24-14-16-26(17-15-24)38(35,36)32(3)25-12-8-5-9-13-25/h4-19H,20H2,1-3H3. The van der Waals surface area contributed by atoms with Gasteiger partial charge in [-0.3, -0.25) is 14.0 Å². The number of thiazole rings is 1. The van der Waals surface area contributed by atoms with E-state index < -0.39 is 10.0 Å². The fraction of sp³-hybridized carbons (Fsp3) is 0.133. The minimum absolute atomic E-state index is 0.112. The molecule has 5 rings (SSSR count). The smallest absolute Gasteiger partial charge is 0.264 e. The third kappa shape index (κ3) is 5.05. The van der Waals surface area contributed by atoms with Crippen molar-refractivity contribution in [2.45, 2.75) is 25.3 Å². The van der Waals surface area contributed by atoms with Crippen LogP contribution in [0.25, 0.3) is 10.2 Å². The van der Waals surface area contributed by atoms with Gasteiger partial charge in [-0.15, -0.1) is 0 Å². The molecule has 0 saturated heterocycles. The summed E-state index contributed by atoms with van der Waals surface area (Å²) in [7, 11) is -2.27. The van der Waals surface area contributed by atoms with Crippen molar-refractivity contribution in [2.24, 2.45) is 0 Å². The summed E-state index contributed by atoms with van der Waals surface area (Å²) in [6.07, 6.45) is 0. The van der Waals surface area contributed by atoms with E-state index in [2.05, 4.69) is 13.0 Å². The number of rotatable bonds is 7. The molecular formula is C30H27N3O3S2. The molecule has 8 heteroatoms. The van der Waals surface area contributed by atoms with Crippen molar-refractivity contribution in [1.29, 1.82) is 0 Å². The largest absolute Gasteiger partial charge is 0.279 e. The molecule has 0 fully saturated rings. The summed E-state index contributed by atoms with van der Waals surface area (Å²) in [5.41, 5.74) is 5.08. The van der Waals surface area contributed by atoms with Crippen LogP contribution in [0.1, 0.15) is 27.0 Å². The van der Waals surface area contributed by atoms with E-state index in [1.54, 1.807) is 41.3 Å². The number of aromatic nitrogens is 1. The zero-order chi connectivity index (χ0) is 26.9. The minimum atomic E-state index is -3.78. The lowest BCUT2D eigenvalue weighted by Gasteiger charge is -2.21. The molecule has 0 aliphatic heterocycles. The van der Waals surface area contributed by atoms with Crippen LogP contribution in [0.5, 0.6) is 0 Å². The average molecular weight is 542 g/mol. The first-order valence-electron chi connectivity index (χ1n) is 12.1. The van der Waals surface area contributed by atoms with E-state index in [-0.39, 0.29) is 10.8 Å². The molecule has 192 valence electrons. The predicted octanol–water partition coefficient (Wildman–Crippen LogP) is 6.59. The van der Waals surface area contributed by atoms with E-state index in [1.807, 2.05) is 49.4 Å².